The number of fused-ring (bicyclic) bond motifs is 3. The first-order chi connectivity index (χ1) is 17.4. The van der Waals surface area contributed by atoms with E-state index >= 15 is 0 Å². The van der Waals surface area contributed by atoms with E-state index in [-0.39, 0.29) is 11.1 Å². The molecule has 9 heteroatoms. The van der Waals surface area contributed by atoms with Gasteiger partial charge in [0.05, 0.1) is 10.5 Å². The quantitative estimate of drug-likeness (QED) is 0.277. The standard InChI is InChI=1S/C27H22Cl3FN4O/c28-19-4-6-24-20(14-19)21-16-34(10-1-2-17-3-5-23(31)22(29)12-17)11-8-25(21)35(24)27(36)33-15-18-7-9-32-26(30)13-18/h1-7,9,12-14H,8,10-11,15-16H2,(H,33,36). The van der Waals surface area contributed by atoms with Crippen molar-refractivity contribution in [3.8, 4) is 0 Å². The highest BCUT2D eigenvalue weighted by molar-refractivity contribution is 6.31. The molecule has 184 valence electrons. The largest absolute Gasteiger partial charge is 0.333 e. The van der Waals surface area contributed by atoms with Crippen molar-refractivity contribution in [3.05, 3.63) is 104 Å². The summed E-state index contributed by atoms with van der Waals surface area (Å²) in [5.74, 6) is -0.430. The molecule has 5 rings (SSSR count). The molecule has 0 spiro atoms. The lowest BCUT2D eigenvalue weighted by atomic mass is 10.0. The maximum absolute atomic E-state index is 13.4. The molecule has 1 amide bonds. The Bertz CT molecular complexity index is 1480. The second kappa shape index (κ2) is 10.6. The summed E-state index contributed by atoms with van der Waals surface area (Å²) in [7, 11) is 0. The third-order valence-electron chi connectivity index (χ3n) is 6.24. The number of carbonyl (C=O) groups excluding carboxylic acids is 1. The second-order valence-corrected chi connectivity index (χ2v) is 9.86. The van der Waals surface area contributed by atoms with E-state index in [2.05, 4.69) is 15.2 Å². The molecule has 0 saturated carbocycles. The van der Waals surface area contributed by atoms with Gasteiger partial charge in [0.1, 0.15) is 11.0 Å². The summed E-state index contributed by atoms with van der Waals surface area (Å²) < 4.78 is 15.2. The number of aromatic nitrogens is 2. The van der Waals surface area contributed by atoms with Crippen molar-refractivity contribution in [2.75, 3.05) is 13.1 Å². The molecule has 1 aliphatic heterocycles. The fraction of sp³-hybridized carbons (Fsp3) is 0.185. The number of pyridine rings is 1. The van der Waals surface area contributed by atoms with Crippen LogP contribution in [0.25, 0.3) is 17.0 Å². The molecule has 1 aliphatic rings. The van der Waals surface area contributed by atoms with Gasteiger partial charge in [0.15, 0.2) is 0 Å². The third-order valence-corrected chi connectivity index (χ3v) is 6.98. The lowest BCUT2D eigenvalue weighted by Gasteiger charge is -2.27. The van der Waals surface area contributed by atoms with Crippen LogP contribution in [0, 0.1) is 5.82 Å². The number of halogens is 4. The zero-order valence-corrected chi connectivity index (χ0v) is 21.4. The minimum atomic E-state index is -0.430. The van der Waals surface area contributed by atoms with Gasteiger partial charge in [-0.05, 0) is 59.2 Å². The molecule has 5 nitrogen and oxygen atoms in total. The van der Waals surface area contributed by atoms with Crippen LogP contribution in [-0.2, 0) is 19.5 Å². The number of benzene rings is 2. The van der Waals surface area contributed by atoms with Crippen molar-refractivity contribution < 1.29 is 9.18 Å². The number of hydrogen-bond acceptors (Lipinski definition) is 3. The molecule has 0 unspecified atom stereocenters. The normalized spacial score (nSPS) is 13.9. The Balaban J connectivity index is 1.36. The Labute approximate surface area is 223 Å². The fourth-order valence-corrected chi connectivity index (χ4v) is 5.10. The topological polar surface area (TPSA) is 50.2 Å². The summed E-state index contributed by atoms with van der Waals surface area (Å²) in [5, 5.41) is 5.09. The van der Waals surface area contributed by atoms with Crippen LogP contribution < -0.4 is 5.32 Å². The Morgan fingerprint density at radius 1 is 1.11 bits per heavy atom. The lowest BCUT2D eigenvalue weighted by Crippen LogP contribution is -2.34. The van der Waals surface area contributed by atoms with Gasteiger partial charge in [0.2, 0.25) is 0 Å². The number of nitrogens with zero attached hydrogens (tertiary/aromatic N) is 3. The van der Waals surface area contributed by atoms with Crippen LogP contribution in [0.1, 0.15) is 22.4 Å². The van der Waals surface area contributed by atoms with Gasteiger partial charge < -0.3 is 5.32 Å². The second-order valence-electron chi connectivity index (χ2n) is 8.63. The van der Waals surface area contributed by atoms with E-state index in [1.807, 2.05) is 30.4 Å². The first kappa shape index (κ1) is 24.8. The zero-order valence-electron chi connectivity index (χ0n) is 19.1. The van der Waals surface area contributed by atoms with Crippen LogP contribution in [0.5, 0.6) is 0 Å². The predicted molar refractivity (Wildman–Crippen MR) is 143 cm³/mol. The van der Waals surface area contributed by atoms with Crippen molar-refractivity contribution in [2.45, 2.75) is 19.5 Å². The molecule has 2 aromatic carbocycles. The molecular weight excluding hydrogens is 522 g/mol. The Morgan fingerprint density at radius 3 is 2.78 bits per heavy atom. The summed E-state index contributed by atoms with van der Waals surface area (Å²) in [6, 6.07) is 13.6. The van der Waals surface area contributed by atoms with E-state index in [1.165, 1.54) is 6.07 Å². The molecule has 0 aliphatic carbocycles. The van der Waals surface area contributed by atoms with Gasteiger partial charge in [-0.25, -0.2) is 14.2 Å². The molecule has 0 fully saturated rings. The van der Waals surface area contributed by atoms with Crippen LogP contribution in [0.3, 0.4) is 0 Å². The monoisotopic (exact) mass is 542 g/mol. The first-order valence-electron chi connectivity index (χ1n) is 11.4. The van der Waals surface area contributed by atoms with Gasteiger partial charge in [-0.1, -0.05) is 53.0 Å². The highest BCUT2D eigenvalue weighted by Crippen LogP contribution is 2.33. The first-order valence-corrected chi connectivity index (χ1v) is 12.6. The summed E-state index contributed by atoms with van der Waals surface area (Å²) in [6.07, 6.45) is 6.30. The van der Waals surface area contributed by atoms with Crippen molar-refractivity contribution in [1.82, 2.24) is 19.8 Å². The maximum atomic E-state index is 13.4. The molecule has 36 heavy (non-hydrogen) atoms. The smallest absolute Gasteiger partial charge is 0.326 e. The van der Waals surface area contributed by atoms with E-state index in [4.69, 9.17) is 34.8 Å². The molecular formula is C27H22Cl3FN4O. The lowest BCUT2D eigenvalue weighted by molar-refractivity contribution is 0.240. The Hall–Kier alpha value is -2.90. The molecule has 0 bridgehead atoms. The summed E-state index contributed by atoms with van der Waals surface area (Å²) in [4.78, 5) is 19.6. The average molecular weight is 544 g/mol. The molecule has 3 heterocycles. The zero-order chi connectivity index (χ0) is 25.2. The van der Waals surface area contributed by atoms with E-state index in [1.54, 1.807) is 35.0 Å². The molecule has 2 aromatic heterocycles. The van der Waals surface area contributed by atoms with Crippen molar-refractivity contribution in [2.24, 2.45) is 0 Å². The van der Waals surface area contributed by atoms with Gasteiger partial charge in [0, 0.05) is 54.9 Å². The van der Waals surface area contributed by atoms with Gasteiger partial charge in [-0.15, -0.1) is 0 Å². The van der Waals surface area contributed by atoms with Crippen molar-refractivity contribution >= 4 is 57.8 Å². The number of hydrogen-bond donors (Lipinski definition) is 1. The van der Waals surface area contributed by atoms with Crippen LogP contribution in [-0.4, -0.2) is 33.6 Å². The number of amides is 1. The molecule has 0 atom stereocenters. The molecule has 0 radical (unpaired) electrons. The molecule has 0 saturated heterocycles. The minimum absolute atomic E-state index is 0.106. The van der Waals surface area contributed by atoms with Gasteiger partial charge >= 0.3 is 6.03 Å². The van der Waals surface area contributed by atoms with Crippen molar-refractivity contribution in [1.29, 1.82) is 0 Å². The SMILES string of the molecule is O=C(NCc1ccnc(Cl)c1)n1c2c(c3cc(Cl)ccc31)CN(CC=Cc1ccc(F)c(Cl)c1)CC2. The minimum Gasteiger partial charge on any atom is -0.333 e. The van der Waals surface area contributed by atoms with Crippen LogP contribution in [0.2, 0.25) is 15.2 Å². The maximum Gasteiger partial charge on any atom is 0.326 e. The number of carbonyl (C=O) groups is 1. The predicted octanol–water partition coefficient (Wildman–Crippen LogP) is 6.97. The summed E-state index contributed by atoms with van der Waals surface area (Å²) in [5.41, 5.74) is 4.63. The third kappa shape index (κ3) is 5.27. The number of rotatable bonds is 5. The van der Waals surface area contributed by atoms with E-state index in [0.717, 1.165) is 39.8 Å². The van der Waals surface area contributed by atoms with Crippen LogP contribution in [0.4, 0.5) is 9.18 Å². The number of nitrogens with one attached hydrogen (secondary N) is 1. The molecule has 1 N–H and O–H groups in total. The van der Waals surface area contributed by atoms with Crippen LogP contribution in [0.15, 0.2) is 60.8 Å². The fourth-order valence-electron chi connectivity index (χ4n) is 4.54. The molecule has 4 aromatic rings. The van der Waals surface area contributed by atoms with E-state index < -0.39 is 5.82 Å². The van der Waals surface area contributed by atoms with Crippen molar-refractivity contribution in [3.63, 3.8) is 0 Å². The van der Waals surface area contributed by atoms with E-state index in [9.17, 15) is 9.18 Å². The Kier molecular flexibility index (Phi) is 7.30. The summed E-state index contributed by atoms with van der Waals surface area (Å²) >= 11 is 18.2. The summed E-state index contributed by atoms with van der Waals surface area (Å²) in [6.45, 7) is 2.52. The van der Waals surface area contributed by atoms with Crippen LogP contribution >= 0.6 is 34.8 Å². The van der Waals surface area contributed by atoms with Gasteiger partial charge in [0.25, 0.3) is 0 Å². The Morgan fingerprint density at radius 2 is 1.97 bits per heavy atom. The van der Waals surface area contributed by atoms with Gasteiger partial charge in [-0.2, -0.15) is 0 Å². The average Bonchev–Trinajstić information content (AvgIpc) is 3.18. The highest BCUT2D eigenvalue weighted by Gasteiger charge is 2.26. The van der Waals surface area contributed by atoms with E-state index in [0.29, 0.717) is 36.2 Å². The highest BCUT2D eigenvalue weighted by atomic mass is 35.5. The van der Waals surface area contributed by atoms with Gasteiger partial charge in [-0.3, -0.25) is 9.47 Å².